The molecule has 0 aromatic heterocycles. The van der Waals surface area contributed by atoms with Crippen molar-refractivity contribution in [1.29, 1.82) is 0 Å². The van der Waals surface area contributed by atoms with Gasteiger partial charge < -0.3 is 0 Å². The maximum atomic E-state index is 12.5. The molecule has 20 heavy (non-hydrogen) atoms. The number of unbranched alkanes of at least 4 members (excludes halogenated alkanes) is 1. The van der Waals surface area contributed by atoms with E-state index in [0.29, 0.717) is 12.8 Å². The summed E-state index contributed by atoms with van der Waals surface area (Å²) in [5.74, 6) is -1.26. The Morgan fingerprint density at radius 1 is 0.750 bits per heavy atom. The molecule has 1 aliphatic carbocycles. The van der Waals surface area contributed by atoms with Gasteiger partial charge in [-0.2, -0.15) is 26.3 Å². The van der Waals surface area contributed by atoms with Crippen LogP contribution in [0.5, 0.6) is 0 Å². The Hall–Kier alpha value is -0.420. The lowest BCUT2D eigenvalue weighted by Gasteiger charge is -2.36. The molecule has 2 unspecified atom stereocenters. The summed E-state index contributed by atoms with van der Waals surface area (Å²) >= 11 is 0. The van der Waals surface area contributed by atoms with Crippen LogP contribution in [0.1, 0.15) is 58.3 Å². The monoisotopic (exact) mass is 304 g/mol. The van der Waals surface area contributed by atoms with E-state index >= 15 is 0 Å². The molecule has 0 N–H and O–H groups in total. The van der Waals surface area contributed by atoms with Crippen LogP contribution < -0.4 is 0 Å². The Balaban J connectivity index is 2.62. The molecule has 2 atom stereocenters. The average molecular weight is 304 g/mol. The second kappa shape index (κ2) is 7.03. The lowest BCUT2D eigenvalue weighted by Crippen LogP contribution is -2.29. The van der Waals surface area contributed by atoms with Crippen molar-refractivity contribution in [1.82, 2.24) is 0 Å². The largest absolute Gasteiger partial charge is 0.389 e. The fourth-order valence-electron chi connectivity index (χ4n) is 3.42. The smallest absolute Gasteiger partial charge is 0.171 e. The highest BCUT2D eigenvalue weighted by Crippen LogP contribution is 2.44. The molecule has 1 rings (SSSR count). The minimum absolute atomic E-state index is 0.0170. The van der Waals surface area contributed by atoms with E-state index < -0.39 is 37.0 Å². The molecule has 1 saturated carbocycles. The van der Waals surface area contributed by atoms with Crippen LogP contribution in [-0.4, -0.2) is 12.4 Å². The summed E-state index contributed by atoms with van der Waals surface area (Å²) in [5, 5.41) is 0. The third-order valence-electron chi connectivity index (χ3n) is 4.01. The number of hydrogen-bond donors (Lipinski definition) is 0. The minimum atomic E-state index is -4.28. The molecule has 1 aliphatic rings. The van der Waals surface area contributed by atoms with Crippen molar-refractivity contribution in [2.24, 2.45) is 17.8 Å². The molecule has 0 spiro atoms. The van der Waals surface area contributed by atoms with Gasteiger partial charge in [-0.25, -0.2) is 0 Å². The fraction of sp³-hybridized carbons (Fsp3) is 1.00. The van der Waals surface area contributed by atoms with Crippen LogP contribution in [0.25, 0.3) is 0 Å². The van der Waals surface area contributed by atoms with Crippen LogP contribution in [0, 0.1) is 17.8 Å². The zero-order valence-corrected chi connectivity index (χ0v) is 11.7. The predicted octanol–water partition coefficient (Wildman–Crippen LogP) is 6.11. The van der Waals surface area contributed by atoms with Gasteiger partial charge in [0.25, 0.3) is 0 Å². The normalized spacial score (nSPS) is 28.6. The van der Waals surface area contributed by atoms with Gasteiger partial charge in [0, 0.05) is 12.8 Å². The predicted molar refractivity (Wildman–Crippen MR) is 65.2 cm³/mol. The summed E-state index contributed by atoms with van der Waals surface area (Å²) in [6.45, 7) is 1.98. The van der Waals surface area contributed by atoms with E-state index in [1.54, 1.807) is 0 Å². The molecule has 120 valence electrons. The lowest BCUT2D eigenvalue weighted by atomic mass is 9.71. The van der Waals surface area contributed by atoms with Crippen LogP contribution in [0.4, 0.5) is 26.3 Å². The lowest BCUT2D eigenvalue weighted by molar-refractivity contribution is -0.160. The van der Waals surface area contributed by atoms with E-state index in [1.165, 1.54) is 0 Å². The van der Waals surface area contributed by atoms with E-state index in [-0.39, 0.29) is 12.3 Å². The van der Waals surface area contributed by atoms with Gasteiger partial charge in [-0.1, -0.05) is 26.2 Å². The first-order chi connectivity index (χ1) is 9.09. The van der Waals surface area contributed by atoms with E-state index in [9.17, 15) is 26.3 Å². The van der Waals surface area contributed by atoms with Gasteiger partial charge in [-0.15, -0.1) is 0 Å². The first-order valence-electron chi connectivity index (χ1n) is 7.22. The molecule has 0 amide bonds. The Labute approximate surface area is 115 Å². The first-order valence-corrected chi connectivity index (χ1v) is 7.22. The summed E-state index contributed by atoms with van der Waals surface area (Å²) in [6, 6.07) is 0. The molecule has 0 heterocycles. The van der Waals surface area contributed by atoms with Crippen LogP contribution in [0.2, 0.25) is 0 Å². The van der Waals surface area contributed by atoms with Crippen molar-refractivity contribution >= 4 is 0 Å². The van der Waals surface area contributed by atoms with Gasteiger partial charge in [-0.3, -0.25) is 0 Å². The van der Waals surface area contributed by atoms with Crippen LogP contribution in [0.15, 0.2) is 0 Å². The maximum absolute atomic E-state index is 12.5. The molecule has 0 saturated heterocycles. The van der Waals surface area contributed by atoms with Gasteiger partial charge in [0.05, 0.1) is 0 Å². The van der Waals surface area contributed by atoms with E-state index in [0.717, 1.165) is 19.3 Å². The summed E-state index contributed by atoms with van der Waals surface area (Å²) in [6.07, 6.45) is -6.98. The van der Waals surface area contributed by atoms with Gasteiger partial charge >= 0.3 is 12.4 Å². The Morgan fingerprint density at radius 2 is 1.15 bits per heavy atom. The zero-order valence-electron chi connectivity index (χ0n) is 11.7. The summed E-state index contributed by atoms with van der Waals surface area (Å²) < 4.78 is 74.8. The average Bonchev–Trinajstić information content (AvgIpc) is 2.21. The second-order valence-electron chi connectivity index (χ2n) is 6.09. The molecule has 0 radical (unpaired) electrons. The third kappa shape index (κ3) is 7.39. The number of halogens is 6. The van der Waals surface area contributed by atoms with E-state index in [1.807, 2.05) is 6.92 Å². The molecule has 0 aromatic carbocycles. The number of alkyl halides is 6. The van der Waals surface area contributed by atoms with Crippen molar-refractivity contribution in [3.05, 3.63) is 0 Å². The minimum Gasteiger partial charge on any atom is -0.171 e. The quantitative estimate of drug-likeness (QED) is 0.537. The topological polar surface area (TPSA) is 0 Å². The summed E-state index contributed by atoms with van der Waals surface area (Å²) in [7, 11) is 0. The second-order valence-corrected chi connectivity index (χ2v) is 6.09. The van der Waals surface area contributed by atoms with E-state index in [2.05, 4.69) is 0 Å². The highest BCUT2D eigenvalue weighted by molar-refractivity contribution is 4.82. The van der Waals surface area contributed by atoms with Crippen molar-refractivity contribution in [2.45, 2.75) is 70.6 Å². The molecule has 6 heteroatoms. The standard InChI is InChI=1S/C14H22F6/c1-2-3-4-10-5-11(8-13(15,16)17)7-12(6-10)9-14(18,19)20/h10-12H,2-9H2,1H3. The van der Waals surface area contributed by atoms with Crippen LogP contribution in [0.3, 0.4) is 0 Å². The SMILES string of the molecule is CCCCC1CC(CC(F)(F)F)CC(CC(F)(F)F)C1. The van der Waals surface area contributed by atoms with Crippen LogP contribution in [-0.2, 0) is 0 Å². The van der Waals surface area contributed by atoms with Gasteiger partial charge in [0.2, 0.25) is 0 Å². The summed E-state index contributed by atoms with van der Waals surface area (Å²) in [4.78, 5) is 0. The highest BCUT2D eigenvalue weighted by Gasteiger charge is 2.40. The highest BCUT2D eigenvalue weighted by atomic mass is 19.4. The zero-order chi connectivity index (χ0) is 15.4. The molecule has 0 aromatic rings. The number of rotatable bonds is 5. The van der Waals surface area contributed by atoms with Gasteiger partial charge in [0.15, 0.2) is 0 Å². The molecule has 0 nitrogen and oxygen atoms in total. The first kappa shape index (κ1) is 17.6. The molecular weight excluding hydrogens is 282 g/mol. The fourth-order valence-corrected chi connectivity index (χ4v) is 3.42. The Morgan fingerprint density at radius 3 is 1.50 bits per heavy atom. The van der Waals surface area contributed by atoms with Gasteiger partial charge in [-0.05, 0) is 37.0 Å². The Bertz CT molecular complexity index is 256. The van der Waals surface area contributed by atoms with Crippen molar-refractivity contribution < 1.29 is 26.3 Å². The van der Waals surface area contributed by atoms with Crippen molar-refractivity contribution in [3.63, 3.8) is 0 Å². The Kier molecular flexibility index (Phi) is 6.20. The molecule has 0 bridgehead atoms. The van der Waals surface area contributed by atoms with Crippen molar-refractivity contribution in [3.8, 4) is 0 Å². The number of hydrogen-bond acceptors (Lipinski definition) is 0. The van der Waals surface area contributed by atoms with Gasteiger partial charge in [0.1, 0.15) is 0 Å². The molecular formula is C14H22F6. The van der Waals surface area contributed by atoms with E-state index in [4.69, 9.17) is 0 Å². The molecule has 0 aliphatic heterocycles. The third-order valence-corrected chi connectivity index (χ3v) is 4.01. The maximum Gasteiger partial charge on any atom is 0.389 e. The van der Waals surface area contributed by atoms with Crippen molar-refractivity contribution in [2.75, 3.05) is 0 Å². The summed E-state index contributed by atoms with van der Waals surface area (Å²) in [5.41, 5.74) is 0. The van der Waals surface area contributed by atoms with Crippen LogP contribution >= 0.6 is 0 Å². The molecule has 1 fully saturated rings.